The van der Waals surface area contributed by atoms with Gasteiger partial charge in [0.05, 0.1) is 6.54 Å². The van der Waals surface area contributed by atoms with Gasteiger partial charge in [0.2, 0.25) is 5.89 Å². The second-order valence-corrected chi connectivity index (χ2v) is 5.94. The van der Waals surface area contributed by atoms with Gasteiger partial charge < -0.3 is 4.52 Å². The average Bonchev–Trinajstić information content (AvgIpc) is 2.99. The van der Waals surface area contributed by atoms with Crippen LogP contribution in [-0.4, -0.2) is 46.1 Å². The van der Waals surface area contributed by atoms with Gasteiger partial charge in [0, 0.05) is 39.1 Å². The van der Waals surface area contributed by atoms with E-state index in [4.69, 9.17) is 4.52 Å². The molecule has 0 saturated carbocycles. The van der Waals surface area contributed by atoms with Gasteiger partial charge in [-0.15, -0.1) is 0 Å². The fourth-order valence-corrected chi connectivity index (χ4v) is 2.82. The Morgan fingerprint density at radius 3 is 2.36 bits per heavy atom. The Morgan fingerprint density at radius 1 is 1.05 bits per heavy atom. The van der Waals surface area contributed by atoms with Gasteiger partial charge in [-0.05, 0) is 18.1 Å². The van der Waals surface area contributed by atoms with Crippen LogP contribution in [0.4, 0.5) is 0 Å². The topological polar surface area (TPSA) is 45.4 Å². The summed E-state index contributed by atoms with van der Waals surface area (Å²) < 4.78 is 5.28. The molecule has 0 atom stereocenters. The van der Waals surface area contributed by atoms with E-state index in [1.165, 1.54) is 11.1 Å². The molecule has 3 rings (SSSR count). The van der Waals surface area contributed by atoms with Crippen molar-refractivity contribution in [3.8, 4) is 0 Å². The van der Waals surface area contributed by atoms with Crippen LogP contribution < -0.4 is 0 Å². The van der Waals surface area contributed by atoms with Gasteiger partial charge in [-0.1, -0.05) is 36.3 Å². The van der Waals surface area contributed by atoms with Crippen molar-refractivity contribution in [2.45, 2.75) is 33.4 Å². The smallest absolute Gasteiger partial charge is 0.240 e. The number of benzene rings is 1. The van der Waals surface area contributed by atoms with E-state index in [9.17, 15) is 0 Å². The molecular weight excluding hydrogens is 276 g/mol. The van der Waals surface area contributed by atoms with Crippen LogP contribution in [-0.2, 0) is 19.5 Å². The maximum atomic E-state index is 5.28. The van der Waals surface area contributed by atoms with Crippen LogP contribution in [0.3, 0.4) is 0 Å². The van der Waals surface area contributed by atoms with Crippen molar-refractivity contribution < 1.29 is 4.52 Å². The molecule has 2 heterocycles. The first-order valence-electron chi connectivity index (χ1n) is 8.05. The number of piperazine rings is 1. The zero-order valence-electron chi connectivity index (χ0n) is 13.5. The molecule has 5 heteroatoms. The highest BCUT2D eigenvalue weighted by Gasteiger charge is 2.19. The molecule has 1 aliphatic heterocycles. The average molecular weight is 300 g/mol. The van der Waals surface area contributed by atoms with Crippen LogP contribution in [0.5, 0.6) is 0 Å². The summed E-state index contributed by atoms with van der Waals surface area (Å²) in [5.74, 6) is 1.54. The minimum absolute atomic E-state index is 0.740. The molecule has 22 heavy (non-hydrogen) atoms. The van der Waals surface area contributed by atoms with E-state index in [0.29, 0.717) is 0 Å². The Balaban J connectivity index is 1.49. The minimum Gasteiger partial charge on any atom is -0.338 e. The Kier molecular flexibility index (Phi) is 4.85. The fraction of sp³-hybridized carbons (Fsp3) is 0.529. The Hall–Kier alpha value is -1.72. The summed E-state index contributed by atoms with van der Waals surface area (Å²) in [6.45, 7) is 10.3. The molecule has 1 aromatic carbocycles. The van der Waals surface area contributed by atoms with Crippen molar-refractivity contribution in [3.05, 3.63) is 47.1 Å². The molecule has 0 N–H and O–H groups in total. The van der Waals surface area contributed by atoms with Crippen LogP contribution in [0.15, 0.2) is 28.8 Å². The third kappa shape index (κ3) is 3.72. The first-order valence-corrected chi connectivity index (χ1v) is 8.05. The Bertz CT molecular complexity index is 602. The van der Waals surface area contributed by atoms with Crippen LogP contribution >= 0.6 is 0 Å². The molecule has 2 aromatic rings. The van der Waals surface area contributed by atoms with Crippen LogP contribution in [0.2, 0.25) is 0 Å². The highest BCUT2D eigenvalue weighted by Crippen LogP contribution is 2.13. The first kappa shape index (κ1) is 15.2. The summed E-state index contributed by atoms with van der Waals surface area (Å²) >= 11 is 0. The molecule has 1 aliphatic rings. The monoisotopic (exact) mass is 300 g/mol. The second kappa shape index (κ2) is 7.03. The zero-order valence-corrected chi connectivity index (χ0v) is 13.5. The second-order valence-electron chi connectivity index (χ2n) is 5.94. The summed E-state index contributed by atoms with van der Waals surface area (Å²) in [6, 6.07) is 8.64. The van der Waals surface area contributed by atoms with E-state index >= 15 is 0 Å². The lowest BCUT2D eigenvalue weighted by Gasteiger charge is -2.34. The minimum atomic E-state index is 0.740. The lowest BCUT2D eigenvalue weighted by atomic mass is 10.1. The first-order chi connectivity index (χ1) is 10.7. The molecule has 1 saturated heterocycles. The molecule has 1 aromatic heterocycles. The quantitative estimate of drug-likeness (QED) is 0.847. The predicted molar refractivity (Wildman–Crippen MR) is 85.4 cm³/mol. The SMILES string of the molecule is CCc1noc(CN2CCN(Cc3ccccc3C)CC2)n1. The van der Waals surface area contributed by atoms with Crippen molar-refractivity contribution in [2.24, 2.45) is 0 Å². The van der Waals surface area contributed by atoms with Gasteiger partial charge in [-0.25, -0.2) is 0 Å². The van der Waals surface area contributed by atoms with Gasteiger partial charge >= 0.3 is 0 Å². The van der Waals surface area contributed by atoms with Crippen LogP contribution in [0.1, 0.15) is 29.8 Å². The van der Waals surface area contributed by atoms with Crippen molar-refractivity contribution in [1.29, 1.82) is 0 Å². The zero-order chi connectivity index (χ0) is 15.4. The van der Waals surface area contributed by atoms with E-state index < -0.39 is 0 Å². The number of hydrogen-bond donors (Lipinski definition) is 0. The normalized spacial score (nSPS) is 17.0. The van der Waals surface area contributed by atoms with Gasteiger partial charge in [-0.3, -0.25) is 9.80 Å². The lowest BCUT2D eigenvalue weighted by Crippen LogP contribution is -2.45. The molecule has 118 valence electrons. The standard InChI is InChI=1S/C17H24N4O/c1-3-16-18-17(22-19-16)13-21-10-8-20(9-11-21)12-15-7-5-4-6-14(15)2/h4-7H,3,8-13H2,1-2H3. The van der Waals surface area contributed by atoms with E-state index in [2.05, 4.69) is 51.1 Å². The Morgan fingerprint density at radius 2 is 1.73 bits per heavy atom. The van der Waals surface area contributed by atoms with Crippen LogP contribution in [0.25, 0.3) is 0 Å². The fourth-order valence-electron chi connectivity index (χ4n) is 2.82. The molecule has 5 nitrogen and oxygen atoms in total. The molecule has 0 unspecified atom stereocenters. The van der Waals surface area contributed by atoms with Gasteiger partial charge in [0.25, 0.3) is 0 Å². The molecule has 0 bridgehead atoms. The largest absolute Gasteiger partial charge is 0.338 e. The molecule has 0 aliphatic carbocycles. The van der Waals surface area contributed by atoms with Crippen molar-refractivity contribution >= 4 is 0 Å². The molecule has 0 spiro atoms. The van der Waals surface area contributed by atoms with E-state index in [1.54, 1.807) is 0 Å². The van der Waals surface area contributed by atoms with Crippen LogP contribution in [0, 0.1) is 6.92 Å². The van der Waals surface area contributed by atoms with Crippen molar-refractivity contribution in [2.75, 3.05) is 26.2 Å². The highest BCUT2D eigenvalue weighted by molar-refractivity contribution is 5.25. The number of aryl methyl sites for hydroxylation is 2. The van der Waals surface area contributed by atoms with E-state index in [0.717, 1.165) is 57.4 Å². The number of rotatable bonds is 5. The molecule has 0 amide bonds. The maximum absolute atomic E-state index is 5.28. The molecule has 1 fully saturated rings. The highest BCUT2D eigenvalue weighted by atomic mass is 16.5. The predicted octanol–water partition coefficient (Wildman–Crippen LogP) is 2.26. The van der Waals surface area contributed by atoms with Gasteiger partial charge in [0.15, 0.2) is 5.82 Å². The van der Waals surface area contributed by atoms with E-state index in [1.807, 2.05) is 6.92 Å². The Labute approximate surface area is 131 Å². The van der Waals surface area contributed by atoms with Gasteiger partial charge in [-0.2, -0.15) is 4.98 Å². The molecule has 0 radical (unpaired) electrons. The third-order valence-electron chi connectivity index (χ3n) is 4.31. The van der Waals surface area contributed by atoms with Gasteiger partial charge in [0.1, 0.15) is 0 Å². The number of nitrogens with zero attached hydrogens (tertiary/aromatic N) is 4. The van der Waals surface area contributed by atoms with Crippen molar-refractivity contribution in [1.82, 2.24) is 19.9 Å². The summed E-state index contributed by atoms with van der Waals surface area (Å²) in [5.41, 5.74) is 2.81. The maximum Gasteiger partial charge on any atom is 0.240 e. The van der Waals surface area contributed by atoms with E-state index in [-0.39, 0.29) is 0 Å². The third-order valence-corrected chi connectivity index (χ3v) is 4.31. The summed E-state index contributed by atoms with van der Waals surface area (Å²) in [6.07, 6.45) is 0.827. The van der Waals surface area contributed by atoms with Crippen molar-refractivity contribution in [3.63, 3.8) is 0 Å². The molecular formula is C17H24N4O. The number of hydrogen-bond acceptors (Lipinski definition) is 5. The summed E-state index contributed by atoms with van der Waals surface area (Å²) in [5, 5.41) is 3.96. The summed E-state index contributed by atoms with van der Waals surface area (Å²) in [7, 11) is 0. The number of aromatic nitrogens is 2. The summed E-state index contributed by atoms with van der Waals surface area (Å²) in [4.78, 5) is 9.30. The lowest BCUT2D eigenvalue weighted by molar-refractivity contribution is 0.112.